The molecule has 0 N–H and O–H groups in total. The lowest BCUT2D eigenvalue weighted by atomic mass is 10.1. The van der Waals surface area contributed by atoms with Gasteiger partial charge in [-0.25, -0.2) is 4.98 Å². The molecule has 0 aliphatic carbocycles. The summed E-state index contributed by atoms with van der Waals surface area (Å²) in [5.41, 5.74) is 3.05. The van der Waals surface area contributed by atoms with Crippen LogP contribution in [0.15, 0.2) is 24.3 Å². The summed E-state index contributed by atoms with van der Waals surface area (Å²) in [4.78, 5) is 11.6. The summed E-state index contributed by atoms with van der Waals surface area (Å²) in [7, 11) is 1.10. The zero-order valence-corrected chi connectivity index (χ0v) is 19.2. The maximum Gasteiger partial charge on any atom is 0.257 e. The molecule has 6 nitrogen and oxygen atoms in total. The van der Waals surface area contributed by atoms with Gasteiger partial charge in [0.05, 0.1) is 12.3 Å². The van der Waals surface area contributed by atoms with E-state index in [2.05, 4.69) is 22.9 Å². The van der Waals surface area contributed by atoms with E-state index in [1.165, 1.54) is 0 Å². The number of aryl methyl sites for hydroxylation is 2. The van der Waals surface area contributed by atoms with Gasteiger partial charge < -0.3 is 14.2 Å². The first-order valence-corrected chi connectivity index (χ1v) is 11.0. The van der Waals surface area contributed by atoms with Crippen molar-refractivity contribution < 1.29 is 14.2 Å². The van der Waals surface area contributed by atoms with E-state index >= 15 is 0 Å². The van der Waals surface area contributed by atoms with E-state index < -0.39 is 0 Å². The lowest BCUT2D eigenvalue weighted by molar-refractivity contribution is 0.162. The van der Waals surface area contributed by atoms with Crippen molar-refractivity contribution in [2.24, 2.45) is 0 Å². The molecule has 2 aromatic heterocycles. The number of hydrogen-bond donors (Lipinski definition) is 0. The van der Waals surface area contributed by atoms with Gasteiger partial charge in [-0.15, -0.1) is 0 Å². The minimum Gasteiger partial charge on any atom is -0.493 e. The second-order valence-corrected chi connectivity index (χ2v) is 10.4. The van der Waals surface area contributed by atoms with Crippen LogP contribution >= 0.6 is 0 Å². The molecule has 7 heteroatoms. The van der Waals surface area contributed by atoms with Crippen LogP contribution in [-0.4, -0.2) is 58.0 Å². The number of aromatic nitrogens is 2. The molecule has 0 spiro atoms. The van der Waals surface area contributed by atoms with Crippen molar-refractivity contribution in [3.8, 4) is 17.4 Å². The normalized spacial score (nSPS) is 23.0. The molecular weight excluding hydrogens is 370 g/mol. The first kappa shape index (κ1) is 19.2. The van der Waals surface area contributed by atoms with Gasteiger partial charge in [-0.3, -0.25) is 9.88 Å². The SMILES string of the molecule is Cc1cc(OC[C@@]2([SiH3])CCN(C(C)c3ccc4c(n3)OCCO4)C2)cc(C)n1. The summed E-state index contributed by atoms with van der Waals surface area (Å²) in [5.74, 6) is 2.30. The monoisotopic (exact) mass is 399 g/mol. The van der Waals surface area contributed by atoms with Crippen molar-refractivity contribution >= 4 is 10.2 Å². The summed E-state index contributed by atoms with van der Waals surface area (Å²) in [6, 6.07) is 8.33. The first-order valence-electron chi connectivity index (χ1n) is 10.0. The average Bonchev–Trinajstić information content (AvgIpc) is 3.07. The van der Waals surface area contributed by atoms with E-state index in [1.54, 1.807) is 0 Å². The van der Waals surface area contributed by atoms with Crippen molar-refractivity contribution in [2.75, 3.05) is 32.9 Å². The highest BCUT2D eigenvalue weighted by molar-refractivity contribution is 6.15. The molecule has 4 rings (SSSR count). The number of rotatable bonds is 5. The van der Waals surface area contributed by atoms with Crippen molar-refractivity contribution in [1.29, 1.82) is 0 Å². The second-order valence-electron chi connectivity index (χ2n) is 8.32. The third kappa shape index (κ3) is 4.15. The predicted octanol–water partition coefficient (Wildman–Crippen LogP) is 2.23. The van der Waals surface area contributed by atoms with E-state index in [9.17, 15) is 0 Å². The molecule has 0 saturated carbocycles. The Labute approximate surface area is 169 Å². The summed E-state index contributed by atoms with van der Waals surface area (Å²) in [5, 5.41) is 0.257. The highest BCUT2D eigenvalue weighted by atomic mass is 28.1. The predicted molar refractivity (Wildman–Crippen MR) is 112 cm³/mol. The van der Waals surface area contributed by atoms with Crippen LogP contribution in [0.4, 0.5) is 0 Å². The van der Waals surface area contributed by atoms with Crippen LogP contribution in [0.2, 0.25) is 5.04 Å². The van der Waals surface area contributed by atoms with E-state index in [4.69, 9.17) is 19.2 Å². The molecule has 2 aromatic rings. The number of pyridine rings is 2. The minimum atomic E-state index is 0.247. The fourth-order valence-electron chi connectivity index (χ4n) is 4.01. The summed E-state index contributed by atoms with van der Waals surface area (Å²) in [6.45, 7) is 10.3. The van der Waals surface area contributed by atoms with Gasteiger partial charge in [0.1, 0.15) is 19.0 Å². The molecule has 0 bridgehead atoms. The Kier molecular flexibility index (Phi) is 5.29. The third-order valence-electron chi connectivity index (χ3n) is 5.63. The molecule has 0 aromatic carbocycles. The van der Waals surface area contributed by atoms with Crippen molar-refractivity contribution in [3.63, 3.8) is 0 Å². The van der Waals surface area contributed by atoms with Gasteiger partial charge in [0, 0.05) is 51.4 Å². The van der Waals surface area contributed by atoms with Gasteiger partial charge >= 0.3 is 0 Å². The highest BCUT2D eigenvalue weighted by Gasteiger charge is 2.37. The molecule has 4 heterocycles. The minimum absolute atomic E-state index is 0.247. The van der Waals surface area contributed by atoms with Crippen LogP contribution in [0.25, 0.3) is 0 Å². The first-order chi connectivity index (χ1) is 13.4. The molecule has 2 aliphatic rings. The Morgan fingerprint density at radius 1 is 1.18 bits per heavy atom. The van der Waals surface area contributed by atoms with Crippen molar-refractivity contribution in [2.45, 2.75) is 38.3 Å². The topological polar surface area (TPSA) is 56.7 Å². The quantitative estimate of drug-likeness (QED) is 0.719. The molecule has 1 fully saturated rings. The molecular formula is C21H29N3O3Si. The van der Waals surface area contributed by atoms with Gasteiger partial charge in [0.15, 0.2) is 5.75 Å². The molecule has 0 radical (unpaired) electrons. The number of ether oxygens (including phenoxy) is 3. The summed E-state index contributed by atoms with van der Waals surface area (Å²) in [6.07, 6.45) is 1.16. The van der Waals surface area contributed by atoms with E-state index in [0.717, 1.165) is 64.9 Å². The lowest BCUT2D eigenvalue weighted by Crippen LogP contribution is -2.30. The Morgan fingerprint density at radius 3 is 2.71 bits per heavy atom. The van der Waals surface area contributed by atoms with E-state index in [-0.39, 0.29) is 11.1 Å². The number of nitrogens with zero attached hydrogens (tertiary/aromatic N) is 3. The number of fused-ring (bicyclic) bond motifs is 1. The maximum absolute atomic E-state index is 6.18. The second kappa shape index (κ2) is 7.71. The zero-order valence-electron chi connectivity index (χ0n) is 17.2. The van der Waals surface area contributed by atoms with Gasteiger partial charge in [-0.2, -0.15) is 0 Å². The maximum atomic E-state index is 6.18. The van der Waals surface area contributed by atoms with Crippen LogP contribution in [0.5, 0.6) is 17.4 Å². The van der Waals surface area contributed by atoms with Gasteiger partial charge in [0.2, 0.25) is 0 Å². The largest absolute Gasteiger partial charge is 0.493 e. The van der Waals surface area contributed by atoms with Crippen molar-refractivity contribution in [1.82, 2.24) is 14.9 Å². The molecule has 150 valence electrons. The summed E-state index contributed by atoms with van der Waals surface area (Å²) >= 11 is 0. The third-order valence-corrected chi connectivity index (χ3v) is 6.74. The molecule has 0 amide bonds. The Balaban J connectivity index is 1.39. The molecule has 2 aliphatic heterocycles. The lowest BCUT2D eigenvalue weighted by Gasteiger charge is -2.28. The number of likely N-dealkylation sites (tertiary alicyclic amines) is 1. The van der Waals surface area contributed by atoms with Gasteiger partial charge in [-0.05, 0) is 45.9 Å². The van der Waals surface area contributed by atoms with Crippen LogP contribution < -0.4 is 14.2 Å². The molecule has 1 saturated heterocycles. The fourth-order valence-corrected chi connectivity index (χ4v) is 4.79. The van der Waals surface area contributed by atoms with Crippen LogP contribution in [0.3, 0.4) is 0 Å². The molecule has 1 unspecified atom stereocenters. The standard InChI is InChI=1S/C21H29N3O3Si/c1-14-10-17(11-15(2)22-14)27-13-21(28)6-7-24(12-21)16(3)18-4-5-19-20(23-18)26-9-8-25-19/h4-5,10-11,16H,6-9,12-13H2,1-3,28H3/t16?,21-/m1/s1. The smallest absolute Gasteiger partial charge is 0.257 e. The Hall–Kier alpha value is -2.12. The average molecular weight is 400 g/mol. The highest BCUT2D eigenvalue weighted by Crippen LogP contribution is 2.39. The van der Waals surface area contributed by atoms with Crippen molar-refractivity contribution in [3.05, 3.63) is 41.3 Å². The van der Waals surface area contributed by atoms with Crippen LogP contribution in [-0.2, 0) is 0 Å². The van der Waals surface area contributed by atoms with Gasteiger partial charge in [-0.1, -0.05) is 0 Å². The molecule has 2 atom stereocenters. The Bertz CT molecular complexity index is 843. The van der Waals surface area contributed by atoms with Crippen LogP contribution in [0, 0.1) is 13.8 Å². The molecule has 28 heavy (non-hydrogen) atoms. The fraction of sp³-hybridized carbons (Fsp3) is 0.524. The van der Waals surface area contributed by atoms with E-state index in [0.29, 0.717) is 19.1 Å². The van der Waals surface area contributed by atoms with E-state index in [1.807, 2.05) is 32.0 Å². The van der Waals surface area contributed by atoms with Gasteiger partial charge in [0.25, 0.3) is 5.88 Å². The Morgan fingerprint density at radius 2 is 1.93 bits per heavy atom. The summed E-state index contributed by atoms with van der Waals surface area (Å²) < 4.78 is 17.4. The van der Waals surface area contributed by atoms with Crippen LogP contribution in [0.1, 0.15) is 36.5 Å². The zero-order chi connectivity index (χ0) is 19.7. The number of hydrogen-bond acceptors (Lipinski definition) is 6.